The summed E-state index contributed by atoms with van der Waals surface area (Å²) in [7, 11) is 0.928. The Kier molecular flexibility index (Phi) is 4.69. The van der Waals surface area contributed by atoms with Crippen LogP contribution in [0, 0.1) is 41.4 Å². The maximum atomic E-state index is 6.56. The minimum atomic E-state index is 0.266. The highest BCUT2D eigenvalue weighted by Crippen LogP contribution is 2.65. The summed E-state index contributed by atoms with van der Waals surface area (Å²) < 4.78 is 6.56. The predicted molar refractivity (Wildman–Crippen MR) is 100 cm³/mol. The van der Waals surface area contributed by atoms with Gasteiger partial charge in [-0.3, -0.25) is 0 Å². The van der Waals surface area contributed by atoms with Crippen LogP contribution in [0.5, 0.6) is 0 Å². The molecular weight excluding hydrogens is 296 g/mol. The van der Waals surface area contributed by atoms with E-state index in [1.54, 1.807) is 38.5 Å². The molecule has 132 valence electrons. The second kappa shape index (κ2) is 6.48. The lowest BCUT2D eigenvalue weighted by Crippen LogP contribution is -2.49. The number of hydrogen-bond acceptors (Lipinski definition) is 1. The van der Waals surface area contributed by atoms with E-state index in [2.05, 4.69) is 13.8 Å². The SMILES string of the molecule is CCCC(CCC)(O[SiH3])C1C2CCC(C2)C1C1CC2CCC1C2. The van der Waals surface area contributed by atoms with Gasteiger partial charge in [0.2, 0.25) is 0 Å². The summed E-state index contributed by atoms with van der Waals surface area (Å²) in [5.41, 5.74) is 0.266. The molecule has 4 rings (SSSR count). The molecule has 4 saturated carbocycles. The first-order chi connectivity index (χ1) is 11.2. The van der Waals surface area contributed by atoms with Gasteiger partial charge in [0.15, 0.2) is 0 Å². The monoisotopic (exact) mass is 334 g/mol. The Balaban J connectivity index is 1.63. The van der Waals surface area contributed by atoms with Crippen LogP contribution in [0.15, 0.2) is 0 Å². The van der Waals surface area contributed by atoms with E-state index < -0.39 is 0 Å². The maximum absolute atomic E-state index is 6.56. The van der Waals surface area contributed by atoms with E-state index in [4.69, 9.17) is 4.43 Å². The molecule has 4 aliphatic rings. The standard InChI is InChI=1S/C21H38OSi/c1-3-9-21(22-23,10-4-2)20-17-8-7-16(13-17)19(20)18-12-14-5-6-15(18)11-14/h14-20H,3-13H2,1-2,23H3. The molecule has 1 nitrogen and oxygen atoms in total. The third kappa shape index (κ3) is 2.58. The summed E-state index contributed by atoms with van der Waals surface area (Å²) in [5, 5.41) is 0. The fourth-order valence-corrected chi connectivity index (χ4v) is 8.82. The van der Waals surface area contributed by atoms with Gasteiger partial charge in [0, 0.05) is 0 Å². The van der Waals surface area contributed by atoms with Crippen molar-refractivity contribution in [3.8, 4) is 0 Å². The van der Waals surface area contributed by atoms with Gasteiger partial charge >= 0.3 is 0 Å². The van der Waals surface area contributed by atoms with Gasteiger partial charge in [-0.1, -0.05) is 33.1 Å². The largest absolute Gasteiger partial charge is 0.422 e. The first-order valence-corrected chi connectivity index (χ1v) is 11.6. The van der Waals surface area contributed by atoms with Crippen molar-refractivity contribution in [2.24, 2.45) is 41.4 Å². The molecule has 4 fully saturated rings. The third-order valence-electron chi connectivity index (χ3n) is 8.63. The highest BCUT2D eigenvalue weighted by molar-refractivity contribution is 5.98. The zero-order valence-electron chi connectivity index (χ0n) is 15.7. The molecule has 4 aliphatic carbocycles. The minimum Gasteiger partial charge on any atom is -0.422 e. The molecule has 0 saturated heterocycles. The zero-order chi connectivity index (χ0) is 16.0. The van der Waals surface area contributed by atoms with Crippen LogP contribution in [0.4, 0.5) is 0 Å². The van der Waals surface area contributed by atoms with Crippen LogP contribution in [0.3, 0.4) is 0 Å². The summed E-state index contributed by atoms with van der Waals surface area (Å²) in [6, 6.07) is 0. The Hall–Kier alpha value is 0.177. The van der Waals surface area contributed by atoms with Crippen molar-refractivity contribution in [1.29, 1.82) is 0 Å². The van der Waals surface area contributed by atoms with Gasteiger partial charge < -0.3 is 4.43 Å². The molecule has 0 radical (unpaired) electrons. The minimum absolute atomic E-state index is 0.266. The molecule has 0 N–H and O–H groups in total. The fourth-order valence-electron chi connectivity index (χ4n) is 8.14. The van der Waals surface area contributed by atoms with Crippen LogP contribution in [0.2, 0.25) is 0 Å². The lowest BCUT2D eigenvalue weighted by molar-refractivity contribution is -0.0701. The van der Waals surface area contributed by atoms with Crippen molar-refractivity contribution in [3.63, 3.8) is 0 Å². The van der Waals surface area contributed by atoms with Crippen molar-refractivity contribution in [2.45, 2.75) is 90.1 Å². The average molecular weight is 335 g/mol. The molecule has 7 atom stereocenters. The molecule has 0 aromatic heterocycles. The smallest absolute Gasteiger partial charge is 0.146 e. The lowest BCUT2D eigenvalue weighted by atomic mass is 9.61. The second-order valence-electron chi connectivity index (χ2n) is 9.54. The Bertz CT molecular complexity index is 416. The first-order valence-electron chi connectivity index (χ1n) is 10.8. The van der Waals surface area contributed by atoms with E-state index in [9.17, 15) is 0 Å². The van der Waals surface area contributed by atoms with Gasteiger partial charge in [-0.15, -0.1) is 0 Å². The van der Waals surface area contributed by atoms with Crippen LogP contribution < -0.4 is 0 Å². The van der Waals surface area contributed by atoms with Crippen molar-refractivity contribution < 1.29 is 4.43 Å². The molecule has 0 aliphatic heterocycles. The summed E-state index contributed by atoms with van der Waals surface area (Å²) in [4.78, 5) is 0. The number of rotatable bonds is 7. The molecule has 2 heteroatoms. The van der Waals surface area contributed by atoms with Crippen LogP contribution in [-0.4, -0.2) is 16.1 Å². The van der Waals surface area contributed by atoms with Crippen molar-refractivity contribution in [2.75, 3.05) is 0 Å². The molecule has 0 aromatic carbocycles. The summed E-state index contributed by atoms with van der Waals surface area (Å²) >= 11 is 0. The number of hydrogen-bond donors (Lipinski definition) is 0. The normalized spacial score (nSPS) is 45.4. The molecule has 0 amide bonds. The van der Waals surface area contributed by atoms with Gasteiger partial charge in [-0.2, -0.15) is 0 Å². The summed E-state index contributed by atoms with van der Waals surface area (Å²) in [6.07, 6.45) is 16.2. The van der Waals surface area contributed by atoms with Gasteiger partial charge in [-0.25, -0.2) is 0 Å². The Labute approximate surface area is 146 Å². The molecule has 4 bridgehead atoms. The van der Waals surface area contributed by atoms with E-state index in [0.29, 0.717) is 0 Å². The maximum Gasteiger partial charge on any atom is 0.146 e. The van der Waals surface area contributed by atoms with E-state index >= 15 is 0 Å². The van der Waals surface area contributed by atoms with Crippen molar-refractivity contribution in [1.82, 2.24) is 0 Å². The van der Waals surface area contributed by atoms with Gasteiger partial charge in [0.25, 0.3) is 0 Å². The molecule has 7 unspecified atom stereocenters. The topological polar surface area (TPSA) is 9.23 Å². The lowest BCUT2D eigenvalue weighted by Gasteiger charge is -2.49. The Morgan fingerprint density at radius 1 is 0.870 bits per heavy atom. The van der Waals surface area contributed by atoms with E-state index in [-0.39, 0.29) is 5.60 Å². The van der Waals surface area contributed by atoms with E-state index in [1.165, 1.54) is 32.1 Å². The second-order valence-corrected chi connectivity index (χ2v) is 9.95. The first kappa shape index (κ1) is 16.6. The average Bonchev–Trinajstić information content (AvgIpc) is 3.33. The molecule has 0 spiro atoms. The van der Waals surface area contributed by atoms with Crippen molar-refractivity contribution >= 4 is 10.5 Å². The Morgan fingerprint density at radius 2 is 1.57 bits per heavy atom. The fraction of sp³-hybridized carbons (Fsp3) is 1.00. The quantitative estimate of drug-likeness (QED) is 0.612. The molecular formula is C21H38OSi. The van der Waals surface area contributed by atoms with Crippen molar-refractivity contribution in [3.05, 3.63) is 0 Å². The Morgan fingerprint density at radius 3 is 2.13 bits per heavy atom. The predicted octanol–water partition coefficient (Wildman–Crippen LogP) is 4.72. The van der Waals surface area contributed by atoms with Gasteiger partial charge in [0.1, 0.15) is 10.5 Å². The molecule has 23 heavy (non-hydrogen) atoms. The van der Waals surface area contributed by atoms with Crippen LogP contribution in [0.1, 0.15) is 84.5 Å². The molecule has 0 heterocycles. The van der Waals surface area contributed by atoms with E-state index in [0.717, 1.165) is 51.9 Å². The van der Waals surface area contributed by atoms with Gasteiger partial charge in [-0.05, 0) is 92.8 Å². The van der Waals surface area contributed by atoms with Crippen LogP contribution in [-0.2, 0) is 4.43 Å². The van der Waals surface area contributed by atoms with E-state index in [1.807, 2.05) is 0 Å². The van der Waals surface area contributed by atoms with Crippen LogP contribution in [0.25, 0.3) is 0 Å². The van der Waals surface area contributed by atoms with Crippen LogP contribution >= 0.6 is 0 Å². The highest BCUT2D eigenvalue weighted by atomic mass is 28.2. The third-order valence-corrected chi connectivity index (χ3v) is 9.44. The highest BCUT2D eigenvalue weighted by Gasteiger charge is 2.60. The van der Waals surface area contributed by atoms with Gasteiger partial charge in [0.05, 0.1) is 5.60 Å². The molecule has 0 aromatic rings. The summed E-state index contributed by atoms with van der Waals surface area (Å²) in [6.45, 7) is 4.76. The number of fused-ring (bicyclic) bond motifs is 4. The summed E-state index contributed by atoms with van der Waals surface area (Å²) in [5.74, 6) is 7.32. The zero-order valence-corrected chi connectivity index (χ0v) is 17.7.